The van der Waals surface area contributed by atoms with E-state index >= 15 is 0 Å². The number of ether oxygens (including phenoxy) is 2. The molecule has 166 valence electrons. The maximum atomic E-state index is 13.7. The number of nitrogens with zero attached hydrogens (tertiary/aromatic N) is 1. The summed E-state index contributed by atoms with van der Waals surface area (Å²) in [7, 11) is 1.61. The van der Waals surface area contributed by atoms with E-state index in [4.69, 9.17) is 9.47 Å². The van der Waals surface area contributed by atoms with Crippen molar-refractivity contribution in [3.63, 3.8) is 0 Å². The lowest BCUT2D eigenvalue weighted by Crippen LogP contribution is -2.42. The Kier molecular flexibility index (Phi) is 6.35. The fourth-order valence-corrected chi connectivity index (χ4v) is 5.01. The number of piperidine rings is 1. The summed E-state index contributed by atoms with van der Waals surface area (Å²) >= 11 is 0. The van der Waals surface area contributed by atoms with Gasteiger partial charge >= 0.3 is 0 Å². The minimum Gasteiger partial charge on any atom is -0.493 e. The second-order valence-corrected chi connectivity index (χ2v) is 8.46. The van der Waals surface area contributed by atoms with Crippen LogP contribution in [0, 0.1) is 0 Å². The number of carbonyl (C=O) groups excluding carboxylic acids is 2. The Morgan fingerprint density at radius 1 is 1.13 bits per heavy atom. The number of likely N-dealkylation sites (tertiary alicyclic amines) is 1. The molecule has 1 aliphatic carbocycles. The molecular weight excluding hydrogens is 392 g/mol. The summed E-state index contributed by atoms with van der Waals surface area (Å²) < 4.78 is 11.3. The molecule has 3 aliphatic rings. The number of allylic oxidation sites excluding steroid dienone is 3. The second kappa shape index (κ2) is 9.16. The van der Waals surface area contributed by atoms with Gasteiger partial charge in [0.1, 0.15) is 0 Å². The lowest BCUT2D eigenvalue weighted by molar-refractivity contribution is -0.128. The summed E-state index contributed by atoms with van der Waals surface area (Å²) in [5.74, 6) is 1.06. The highest BCUT2D eigenvalue weighted by molar-refractivity contribution is 6.05. The first-order valence-electron chi connectivity index (χ1n) is 11.4. The maximum Gasteiger partial charge on any atom is 0.252 e. The lowest BCUT2D eigenvalue weighted by Gasteiger charge is -2.37. The Hall–Kier alpha value is -2.76. The van der Waals surface area contributed by atoms with Crippen LogP contribution in [0.25, 0.3) is 0 Å². The Bertz CT molecular complexity index is 941. The smallest absolute Gasteiger partial charge is 0.252 e. The number of carbonyl (C=O) groups is 2. The molecule has 0 saturated carbocycles. The van der Waals surface area contributed by atoms with Gasteiger partial charge in [-0.1, -0.05) is 6.07 Å². The topological polar surface area (TPSA) is 67.9 Å². The number of dihydropyridines is 1. The average Bonchev–Trinajstić information content (AvgIpc) is 2.79. The molecule has 0 spiro atoms. The molecular formula is C25H32N2O4. The Morgan fingerprint density at radius 2 is 1.90 bits per heavy atom. The maximum absolute atomic E-state index is 13.7. The van der Waals surface area contributed by atoms with Crippen LogP contribution in [0.2, 0.25) is 0 Å². The molecule has 6 nitrogen and oxygen atoms in total. The number of rotatable bonds is 5. The molecule has 0 radical (unpaired) electrons. The number of hydrogen-bond donors (Lipinski definition) is 1. The molecule has 2 heterocycles. The largest absolute Gasteiger partial charge is 0.493 e. The van der Waals surface area contributed by atoms with E-state index in [0.717, 1.165) is 67.7 Å². The van der Waals surface area contributed by atoms with Crippen molar-refractivity contribution >= 4 is 11.7 Å². The minimum absolute atomic E-state index is 0.0347. The van der Waals surface area contributed by atoms with E-state index in [9.17, 15) is 9.59 Å². The summed E-state index contributed by atoms with van der Waals surface area (Å²) in [6, 6.07) is 5.77. The minimum atomic E-state index is -0.386. The molecule has 4 rings (SSSR count). The van der Waals surface area contributed by atoms with E-state index in [1.54, 1.807) is 7.11 Å². The summed E-state index contributed by atoms with van der Waals surface area (Å²) in [5.41, 5.74) is 4.12. The molecule has 1 amide bonds. The third-order valence-electron chi connectivity index (χ3n) is 6.47. The van der Waals surface area contributed by atoms with Crippen molar-refractivity contribution in [2.45, 2.75) is 58.3 Å². The van der Waals surface area contributed by atoms with Crippen LogP contribution in [-0.2, 0) is 9.59 Å². The summed E-state index contributed by atoms with van der Waals surface area (Å²) in [5, 5.41) is 3.41. The molecule has 1 atom stereocenters. The first-order chi connectivity index (χ1) is 15.0. The van der Waals surface area contributed by atoms with Crippen molar-refractivity contribution in [3.8, 4) is 11.5 Å². The third kappa shape index (κ3) is 4.08. The van der Waals surface area contributed by atoms with E-state index in [-0.39, 0.29) is 17.6 Å². The van der Waals surface area contributed by atoms with Crippen LogP contribution in [0.1, 0.15) is 63.9 Å². The number of benzene rings is 1. The van der Waals surface area contributed by atoms with Crippen LogP contribution in [0.5, 0.6) is 11.5 Å². The number of hydrogen-bond acceptors (Lipinski definition) is 5. The molecule has 1 aromatic carbocycles. The molecule has 1 fully saturated rings. The zero-order valence-corrected chi connectivity index (χ0v) is 18.8. The number of Topliss-reactive ketones (excluding diaryl/α,β-unsaturated/α-hetero) is 1. The monoisotopic (exact) mass is 424 g/mol. The number of ketones is 1. The predicted octanol–water partition coefficient (Wildman–Crippen LogP) is 4.07. The normalized spacial score (nSPS) is 21.6. The van der Waals surface area contributed by atoms with Crippen LogP contribution in [0.15, 0.2) is 40.7 Å². The van der Waals surface area contributed by atoms with Crippen molar-refractivity contribution in [1.29, 1.82) is 0 Å². The number of amides is 1. The van der Waals surface area contributed by atoms with Gasteiger partial charge in [-0.25, -0.2) is 0 Å². The first kappa shape index (κ1) is 21.5. The highest BCUT2D eigenvalue weighted by Crippen LogP contribution is 2.44. The Labute approximate surface area is 184 Å². The first-order valence-corrected chi connectivity index (χ1v) is 11.4. The van der Waals surface area contributed by atoms with Crippen LogP contribution in [0.3, 0.4) is 0 Å². The lowest BCUT2D eigenvalue weighted by atomic mass is 9.74. The van der Waals surface area contributed by atoms with Gasteiger partial charge in [-0.2, -0.15) is 0 Å². The van der Waals surface area contributed by atoms with E-state index in [0.29, 0.717) is 30.1 Å². The van der Waals surface area contributed by atoms with Crippen LogP contribution in [-0.4, -0.2) is 43.4 Å². The molecule has 0 aromatic heterocycles. The predicted molar refractivity (Wildman–Crippen MR) is 119 cm³/mol. The number of nitrogens with one attached hydrogen (secondary N) is 1. The molecule has 2 aliphatic heterocycles. The SMILES string of the molecule is CCOc1ccc(C2C(C(=O)N3CCCCC3)=C(C)NC3=C2C(=O)CCC3)cc1OC. The van der Waals surface area contributed by atoms with E-state index < -0.39 is 0 Å². The fourth-order valence-electron chi connectivity index (χ4n) is 5.01. The highest BCUT2D eigenvalue weighted by atomic mass is 16.5. The third-order valence-corrected chi connectivity index (χ3v) is 6.47. The molecule has 31 heavy (non-hydrogen) atoms. The van der Waals surface area contributed by atoms with Crippen molar-refractivity contribution in [2.75, 3.05) is 26.8 Å². The highest BCUT2D eigenvalue weighted by Gasteiger charge is 2.40. The van der Waals surface area contributed by atoms with E-state index in [1.807, 2.05) is 36.9 Å². The quantitative estimate of drug-likeness (QED) is 0.772. The van der Waals surface area contributed by atoms with E-state index in [2.05, 4.69) is 5.32 Å². The average molecular weight is 425 g/mol. The van der Waals surface area contributed by atoms with E-state index in [1.165, 1.54) is 0 Å². The van der Waals surface area contributed by atoms with Gasteiger partial charge in [0.25, 0.3) is 5.91 Å². The summed E-state index contributed by atoms with van der Waals surface area (Å²) in [6.45, 7) is 5.97. The van der Waals surface area contributed by atoms with Crippen LogP contribution >= 0.6 is 0 Å². The summed E-state index contributed by atoms with van der Waals surface area (Å²) in [4.78, 5) is 28.7. The molecule has 1 N–H and O–H groups in total. The van der Waals surface area contributed by atoms with Gasteiger partial charge in [0.2, 0.25) is 0 Å². The zero-order valence-electron chi connectivity index (χ0n) is 18.8. The van der Waals surface area contributed by atoms with Crippen molar-refractivity contribution in [2.24, 2.45) is 0 Å². The molecule has 1 saturated heterocycles. The van der Waals surface area contributed by atoms with Crippen LogP contribution < -0.4 is 14.8 Å². The molecule has 0 bridgehead atoms. The van der Waals surface area contributed by atoms with Crippen molar-refractivity contribution < 1.29 is 19.1 Å². The standard InChI is InChI=1S/C25H32N2O4/c1-4-31-20-12-11-17(15-21(20)30-3)23-22(25(29)27-13-6-5-7-14-27)16(2)26-18-9-8-10-19(28)24(18)23/h11-12,15,23,26H,4-10,13-14H2,1-3H3. The summed E-state index contributed by atoms with van der Waals surface area (Å²) in [6.07, 6.45) is 5.41. The Morgan fingerprint density at radius 3 is 2.61 bits per heavy atom. The molecule has 1 aromatic rings. The molecule has 6 heteroatoms. The van der Waals surface area contributed by atoms with Gasteiger partial charge in [-0.05, 0) is 63.6 Å². The Balaban J connectivity index is 1.82. The number of methoxy groups -OCH3 is 1. The van der Waals surface area contributed by atoms with Gasteiger partial charge in [0, 0.05) is 48.0 Å². The van der Waals surface area contributed by atoms with Gasteiger partial charge < -0.3 is 19.7 Å². The van der Waals surface area contributed by atoms with Crippen molar-refractivity contribution in [3.05, 3.63) is 46.3 Å². The second-order valence-electron chi connectivity index (χ2n) is 8.46. The van der Waals surface area contributed by atoms with Gasteiger partial charge in [-0.3, -0.25) is 9.59 Å². The molecule has 1 unspecified atom stereocenters. The van der Waals surface area contributed by atoms with Gasteiger partial charge in [0.05, 0.1) is 13.7 Å². The van der Waals surface area contributed by atoms with Gasteiger partial charge in [0.15, 0.2) is 17.3 Å². The zero-order chi connectivity index (χ0) is 22.0. The fraction of sp³-hybridized carbons (Fsp3) is 0.520. The van der Waals surface area contributed by atoms with Crippen LogP contribution in [0.4, 0.5) is 0 Å². The van der Waals surface area contributed by atoms with Crippen molar-refractivity contribution in [1.82, 2.24) is 10.2 Å². The van der Waals surface area contributed by atoms with Gasteiger partial charge in [-0.15, -0.1) is 0 Å².